The molecule has 0 fully saturated rings. The van der Waals surface area contributed by atoms with Crippen LogP contribution in [0.15, 0.2) is 34.8 Å². The largest absolute Gasteiger partial charge is 0.493 e. The third-order valence-electron chi connectivity index (χ3n) is 3.24. The Morgan fingerprint density at radius 1 is 1.35 bits per heavy atom. The van der Waals surface area contributed by atoms with Crippen LogP contribution in [0.5, 0.6) is 5.75 Å². The minimum atomic E-state index is -0.356. The molecule has 0 amide bonds. The van der Waals surface area contributed by atoms with Crippen LogP contribution >= 0.6 is 27.5 Å². The maximum atomic E-state index is 13.7. The van der Waals surface area contributed by atoms with E-state index >= 15 is 0 Å². The first-order chi connectivity index (χ1) is 9.65. The summed E-state index contributed by atoms with van der Waals surface area (Å²) in [5.41, 5.74) is 2.49. The van der Waals surface area contributed by atoms with E-state index in [2.05, 4.69) is 27.3 Å². The van der Waals surface area contributed by atoms with Gasteiger partial charge in [-0.05, 0) is 29.8 Å². The van der Waals surface area contributed by atoms with Crippen molar-refractivity contribution in [1.29, 1.82) is 0 Å². The minimum absolute atomic E-state index is 0.320. The van der Waals surface area contributed by atoms with Gasteiger partial charge in [-0.15, -0.1) is 0 Å². The zero-order valence-corrected chi connectivity index (χ0v) is 12.9. The Kier molecular flexibility index (Phi) is 3.85. The average Bonchev–Trinajstić information content (AvgIpc) is 2.86. The Balaban J connectivity index is 1.86. The molecule has 0 unspecified atom stereocenters. The minimum Gasteiger partial charge on any atom is -0.493 e. The number of ether oxygens (including phenoxy) is 1. The van der Waals surface area contributed by atoms with Gasteiger partial charge in [0.1, 0.15) is 11.6 Å². The Morgan fingerprint density at radius 2 is 2.20 bits per heavy atom. The molecule has 0 saturated carbocycles. The topological polar surface area (TPSA) is 21.3 Å². The van der Waals surface area contributed by atoms with Crippen molar-refractivity contribution < 1.29 is 9.13 Å². The van der Waals surface area contributed by atoms with Gasteiger partial charge in [-0.25, -0.2) is 4.39 Å². The van der Waals surface area contributed by atoms with Crippen LogP contribution in [0.25, 0.3) is 0 Å². The Bertz CT molecular complexity index is 642. The van der Waals surface area contributed by atoms with E-state index in [1.165, 1.54) is 11.6 Å². The lowest BCUT2D eigenvalue weighted by Gasteiger charge is -2.12. The fraction of sp³-hybridized carbons (Fsp3) is 0.200. The second-order valence-electron chi connectivity index (χ2n) is 4.60. The predicted molar refractivity (Wildman–Crippen MR) is 82.1 cm³/mol. The van der Waals surface area contributed by atoms with Crippen molar-refractivity contribution in [3.8, 4) is 5.75 Å². The van der Waals surface area contributed by atoms with Gasteiger partial charge in [0.2, 0.25) is 0 Å². The van der Waals surface area contributed by atoms with E-state index in [0.717, 1.165) is 22.2 Å². The summed E-state index contributed by atoms with van der Waals surface area (Å²) >= 11 is 9.49. The zero-order chi connectivity index (χ0) is 14.1. The molecule has 1 aliphatic heterocycles. The van der Waals surface area contributed by atoms with Crippen LogP contribution in [0.1, 0.15) is 11.1 Å². The normalized spacial score (nSPS) is 12.9. The summed E-state index contributed by atoms with van der Waals surface area (Å²) in [7, 11) is 0. The lowest BCUT2D eigenvalue weighted by Crippen LogP contribution is -2.04. The number of rotatable bonds is 3. The summed E-state index contributed by atoms with van der Waals surface area (Å²) in [6.45, 7) is 1.15. The number of hydrogen-bond donors (Lipinski definition) is 1. The van der Waals surface area contributed by atoms with Gasteiger partial charge in [0, 0.05) is 23.0 Å². The highest BCUT2D eigenvalue weighted by Gasteiger charge is 2.17. The average molecular weight is 357 g/mol. The number of halogens is 3. The summed E-state index contributed by atoms with van der Waals surface area (Å²) in [5.74, 6) is 0.540. The number of benzene rings is 2. The number of hydrogen-bond acceptors (Lipinski definition) is 2. The fourth-order valence-corrected chi connectivity index (χ4v) is 3.11. The van der Waals surface area contributed by atoms with Crippen LogP contribution in [-0.2, 0) is 13.0 Å². The van der Waals surface area contributed by atoms with E-state index in [-0.39, 0.29) is 5.82 Å². The van der Waals surface area contributed by atoms with Crippen LogP contribution in [0.2, 0.25) is 5.02 Å². The van der Waals surface area contributed by atoms with Crippen LogP contribution in [0.3, 0.4) is 0 Å². The van der Waals surface area contributed by atoms with E-state index in [1.54, 1.807) is 12.1 Å². The van der Waals surface area contributed by atoms with Crippen LogP contribution in [-0.4, -0.2) is 6.61 Å². The number of para-hydroxylation sites is 1. The van der Waals surface area contributed by atoms with Gasteiger partial charge in [-0.3, -0.25) is 0 Å². The molecular weight excluding hydrogens is 345 g/mol. The molecule has 1 heterocycles. The van der Waals surface area contributed by atoms with Gasteiger partial charge in [-0.1, -0.05) is 33.6 Å². The van der Waals surface area contributed by atoms with Crippen molar-refractivity contribution in [2.24, 2.45) is 0 Å². The molecule has 0 aromatic heterocycles. The lowest BCUT2D eigenvalue weighted by atomic mass is 10.1. The summed E-state index contributed by atoms with van der Waals surface area (Å²) < 4.78 is 20.4. The standard InChI is InChI=1S/C15H12BrClFNO/c16-11-6-9-4-5-20-15(9)10(7-11)8-19-14-12(17)2-1-3-13(14)18/h1-3,6-7,19H,4-5,8H2. The van der Waals surface area contributed by atoms with Crippen molar-refractivity contribution in [3.05, 3.63) is 56.8 Å². The Morgan fingerprint density at radius 3 is 3.00 bits per heavy atom. The van der Waals surface area contributed by atoms with Gasteiger partial charge in [0.25, 0.3) is 0 Å². The smallest absolute Gasteiger partial charge is 0.147 e. The first kappa shape index (κ1) is 13.7. The van der Waals surface area contributed by atoms with Crippen molar-refractivity contribution in [2.45, 2.75) is 13.0 Å². The number of fused-ring (bicyclic) bond motifs is 1. The molecule has 20 heavy (non-hydrogen) atoms. The maximum absolute atomic E-state index is 13.7. The molecule has 5 heteroatoms. The molecule has 3 rings (SSSR count). The molecule has 0 radical (unpaired) electrons. The van der Waals surface area contributed by atoms with Gasteiger partial charge in [-0.2, -0.15) is 0 Å². The van der Waals surface area contributed by atoms with E-state index < -0.39 is 0 Å². The van der Waals surface area contributed by atoms with Gasteiger partial charge < -0.3 is 10.1 Å². The van der Waals surface area contributed by atoms with Gasteiger partial charge in [0.15, 0.2) is 0 Å². The molecule has 2 aromatic carbocycles. The van der Waals surface area contributed by atoms with Gasteiger partial charge in [0.05, 0.1) is 17.3 Å². The SMILES string of the molecule is Fc1cccc(Cl)c1NCc1cc(Br)cc2c1OCC2. The summed E-state index contributed by atoms with van der Waals surface area (Å²) in [6.07, 6.45) is 0.905. The molecule has 0 spiro atoms. The predicted octanol–water partition coefficient (Wildman–Crippen LogP) is 4.79. The van der Waals surface area contributed by atoms with Gasteiger partial charge >= 0.3 is 0 Å². The van der Waals surface area contributed by atoms with E-state index in [1.807, 2.05) is 6.07 Å². The molecule has 0 atom stereocenters. The maximum Gasteiger partial charge on any atom is 0.147 e. The molecule has 104 valence electrons. The molecule has 0 saturated heterocycles. The second-order valence-corrected chi connectivity index (χ2v) is 5.92. The third-order valence-corrected chi connectivity index (χ3v) is 4.02. The van der Waals surface area contributed by atoms with Crippen molar-refractivity contribution in [2.75, 3.05) is 11.9 Å². The Hall–Kier alpha value is -1.26. The number of nitrogens with one attached hydrogen (secondary N) is 1. The molecule has 1 N–H and O–H groups in total. The highest BCUT2D eigenvalue weighted by atomic mass is 79.9. The van der Waals surface area contributed by atoms with Crippen molar-refractivity contribution in [3.63, 3.8) is 0 Å². The molecule has 1 aliphatic rings. The first-order valence-electron chi connectivity index (χ1n) is 6.27. The Labute approximate surface area is 130 Å². The summed E-state index contributed by atoms with van der Waals surface area (Å²) in [6, 6.07) is 8.67. The van der Waals surface area contributed by atoms with E-state index in [9.17, 15) is 4.39 Å². The summed E-state index contributed by atoms with van der Waals surface area (Å²) in [4.78, 5) is 0. The second kappa shape index (κ2) is 5.62. The monoisotopic (exact) mass is 355 g/mol. The molecule has 0 aliphatic carbocycles. The van der Waals surface area contributed by atoms with Crippen LogP contribution in [0, 0.1) is 5.82 Å². The summed E-state index contributed by atoms with van der Waals surface area (Å²) in [5, 5.41) is 3.42. The first-order valence-corrected chi connectivity index (χ1v) is 7.44. The molecule has 2 nitrogen and oxygen atoms in total. The highest BCUT2D eigenvalue weighted by Crippen LogP contribution is 2.34. The quantitative estimate of drug-likeness (QED) is 0.854. The van der Waals surface area contributed by atoms with E-state index in [4.69, 9.17) is 16.3 Å². The highest BCUT2D eigenvalue weighted by molar-refractivity contribution is 9.10. The molecule has 0 bridgehead atoms. The molecule has 2 aromatic rings. The van der Waals surface area contributed by atoms with Crippen LogP contribution < -0.4 is 10.1 Å². The fourth-order valence-electron chi connectivity index (χ4n) is 2.33. The molecular formula is C15H12BrClFNO. The van der Waals surface area contributed by atoms with Crippen molar-refractivity contribution in [1.82, 2.24) is 0 Å². The lowest BCUT2D eigenvalue weighted by molar-refractivity contribution is 0.354. The van der Waals surface area contributed by atoms with Crippen LogP contribution in [0.4, 0.5) is 10.1 Å². The van der Waals surface area contributed by atoms with E-state index in [0.29, 0.717) is 23.9 Å². The zero-order valence-electron chi connectivity index (χ0n) is 10.6. The van der Waals surface area contributed by atoms with Crippen molar-refractivity contribution >= 4 is 33.2 Å². The number of anilines is 1. The third kappa shape index (κ3) is 2.63.